The van der Waals surface area contributed by atoms with Crippen LogP contribution in [0.4, 0.5) is 5.69 Å². The molecule has 114 valence electrons. The average Bonchev–Trinajstić information content (AvgIpc) is 2.98. The van der Waals surface area contributed by atoms with Crippen LogP contribution in [0.15, 0.2) is 18.2 Å². The molecule has 3 nitrogen and oxygen atoms in total. The average molecular weight is 285 g/mol. The van der Waals surface area contributed by atoms with E-state index in [4.69, 9.17) is 10.7 Å². The van der Waals surface area contributed by atoms with E-state index < -0.39 is 0 Å². The lowest BCUT2D eigenvalue weighted by atomic mass is 9.93. The molecular formula is C18H27N3. The van der Waals surface area contributed by atoms with Crippen molar-refractivity contribution in [3.8, 4) is 0 Å². The molecule has 0 saturated heterocycles. The van der Waals surface area contributed by atoms with Crippen molar-refractivity contribution in [2.45, 2.75) is 58.9 Å². The largest absolute Gasteiger partial charge is 0.399 e. The third-order valence-electron chi connectivity index (χ3n) is 5.30. The first-order chi connectivity index (χ1) is 10.2. The summed E-state index contributed by atoms with van der Waals surface area (Å²) in [5.74, 6) is 2.84. The lowest BCUT2D eigenvalue weighted by Gasteiger charge is -2.24. The predicted octanol–water partition coefficient (Wildman–Crippen LogP) is 4.57. The molecule has 0 radical (unpaired) electrons. The van der Waals surface area contributed by atoms with E-state index in [1.165, 1.54) is 30.6 Å². The number of fused-ring (bicyclic) bond motifs is 1. The second-order valence-electron chi connectivity index (χ2n) is 6.57. The highest BCUT2D eigenvalue weighted by Crippen LogP contribution is 2.43. The van der Waals surface area contributed by atoms with E-state index in [2.05, 4.69) is 31.4 Å². The van der Waals surface area contributed by atoms with Gasteiger partial charge in [-0.1, -0.05) is 27.2 Å². The molecule has 0 spiro atoms. The molecule has 3 atom stereocenters. The second-order valence-corrected chi connectivity index (χ2v) is 6.57. The number of hydrogen-bond donors (Lipinski definition) is 1. The van der Waals surface area contributed by atoms with E-state index in [0.29, 0.717) is 6.04 Å². The van der Waals surface area contributed by atoms with Crippen LogP contribution < -0.4 is 5.73 Å². The Labute approximate surface area is 127 Å². The van der Waals surface area contributed by atoms with E-state index in [1.807, 2.05) is 12.1 Å². The molecule has 21 heavy (non-hydrogen) atoms. The minimum Gasteiger partial charge on any atom is -0.399 e. The third kappa shape index (κ3) is 2.43. The Hall–Kier alpha value is -1.51. The van der Waals surface area contributed by atoms with Gasteiger partial charge in [0.2, 0.25) is 0 Å². The summed E-state index contributed by atoms with van der Waals surface area (Å²) >= 11 is 0. The number of rotatable bonds is 4. The lowest BCUT2D eigenvalue weighted by molar-refractivity contribution is 0.329. The number of hydrogen-bond acceptors (Lipinski definition) is 2. The maximum Gasteiger partial charge on any atom is 0.110 e. The smallest absolute Gasteiger partial charge is 0.110 e. The molecule has 1 aliphatic carbocycles. The van der Waals surface area contributed by atoms with Crippen LogP contribution in [0.1, 0.15) is 58.3 Å². The van der Waals surface area contributed by atoms with Gasteiger partial charge in [0.15, 0.2) is 0 Å². The van der Waals surface area contributed by atoms with Gasteiger partial charge >= 0.3 is 0 Å². The van der Waals surface area contributed by atoms with Crippen LogP contribution in [0.2, 0.25) is 0 Å². The van der Waals surface area contributed by atoms with E-state index in [9.17, 15) is 0 Å². The lowest BCUT2D eigenvalue weighted by Crippen LogP contribution is -2.17. The van der Waals surface area contributed by atoms with Crippen LogP contribution in [-0.2, 0) is 6.42 Å². The van der Waals surface area contributed by atoms with Crippen molar-refractivity contribution >= 4 is 16.7 Å². The summed E-state index contributed by atoms with van der Waals surface area (Å²) in [6.07, 6.45) is 6.11. The minimum atomic E-state index is 0.602. The molecule has 1 aliphatic rings. The summed E-state index contributed by atoms with van der Waals surface area (Å²) < 4.78 is 2.53. The molecule has 3 unspecified atom stereocenters. The maximum absolute atomic E-state index is 5.93. The Balaban J connectivity index is 2.09. The molecule has 0 bridgehead atoms. The zero-order valence-electron chi connectivity index (χ0n) is 13.5. The highest BCUT2D eigenvalue weighted by Gasteiger charge is 2.34. The molecule has 3 heteroatoms. The second kappa shape index (κ2) is 5.70. The normalized spacial score (nSPS) is 25.8. The monoisotopic (exact) mass is 285 g/mol. The Morgan fingerprint density at radius 3 is 2.76 bits per heavy atom. The Morgan fingerprint density at radius 1 is 1.29 bits per heavy atom. The van der Waals surface area contributed by atoms with Crippen LogP contribution in [-0.4, -0.2) is 9.55 Å². The zero-order chi connectivity index (χ0) is 15.0. The van der Waals surface area contributed by atoms with Crippen molar-refractivity contribution < 1.29 is 0 Å². The number of nitrogen functional groups attached to an aromatic ring is 1. The minimum absolute atomic E-state index is 0.602. The molecule has 2 N–H and O–H groups in total. The summed E-state index contributed by atoms with van der Waals surface area (Å²) in [4.78, 5) is 4.88. The Morgan fingerprint density at radius 2 is 2.10 bits per heavy atom. The number of anilines is 1. The quantitative estimate of drug-likeness (QED) is 0.836. The van der Waals surface area contributed by atoms with E-state index in [-0.39, 0.29) is 0 Å². The first-order valence-corrected chi connectivity index (χ1v) is 8.42. The Bertz CT molecular complexity index is 629. The van der Waals surface area contributed by atoms with Crippen LogP contribution in [0.3, 0.4) is 0 Å². The van der Waals surface area contributed by atoms with Gasteiger partial charge in [0, 0.05) is 18.2 Å². The van der Waals surface area contributed by atoms with Crippen molar-refractivity contribution in [1.82, 2.24) is 9.55 Å². The summed E-state index contributed by atoms with van der Waals surface area (Å²) in [5, 5.41) is 0. The highest BCUT2D eigenvalue weighted by molar-refractivity contribution is 5.79. The van der Waals surface area contributed by atoms with Gasteiger partial charge in [0.05, 0.1) is 11.0 Å². The molecule has 1 fully saturated rings. The van der Waals surface area contributed by atoms with Crippen LogP contribution >= 0.6 is 0 Å². The van der Waals surface area contributed by atoms with Crippen LogP contribution in [0.25, 0.3) is 11.0 Å². The molecule has 0 amide bonds. The van der Waals surface area contributed by atoms with Crippen molar-refractivity contribution in [3.63, 3.8) is 0 Å². The van der Waals surface area contributed by atoms with Crippen molar-refractivity contribution in [1.29, 1.82) is 0 Å². The van der Waals surface area contributed by atoms with Gasteiger partial charge in [-0.05, 0) is 49.3 Å². The summed E-state index contributed by atoms with van der Waals surface area (Å²) in [5.41, 5.74) is 9.06. The van der Waals surface area contributed by atoms with Crippen molar-refractivity contribution in [3.05, 3.63) is 24.0 Å². The number of aromatic nitrogens is 2. The van der Waals surface area contributed by atoms with Gasteiger partial charge in [-0.2, -0.15) is 0 Å². The van der Waals surface area contributed by atoms with Crippen molar-refractivity contribution in [2.24, 2.45) is 11.8 Å². The topological polar surface area (TPSA) is 43.8 Å². The molecule has 1 aromatic carbocycles. The van der Waals surface area contributed by atoms with Gasteiger partial charge in [0.1, 0.15) is 5.82 Å². The fourth-order valence-electron chi connectivity index (χ4n) is 4.10. The van der Waals surface area contributed by atoms with Gasteiger partial charge in [-0.15, -0.1) is 0 Å². The third-order valence-corrected chi connectivity index (χ3v) is 5.30. The number of benzene rings is 1. The maximum atomic E-state index is 5.93. The Kier molecular flexibility index (Phi) is 3.92. The SMILES string of the molecule is CCCc1nc2cc(N)ccc2n1C1CCC(CC)C1C. The molecule has 3 rings (SSSR count). The summed E-state index contributed by atoms with van der Waals surface area (Å²) in [6.45, 7) is 6.97. The molecule has 0 aliphatic heterocycles. The van der Waals surface area contributed by atoms with Crippen molar-refractivity contribution in [2.75, 3.05) is 5.73 Å². The van der Waals surface area contributed by atoms with Gasteiger partial charge in [0.25, 0.3) is 0 Å². The molecular weight excluding hydrogens is 258 g/mol. The van der Waals surface area contributed by atoms with Gasteiger partial charge < -0.3 is 10.3 Å². The number of aryl methyl sites for hydroxylation is 1. The molecule has 2 aromatic rings. The van der Waals surface area contributed by atoms with E-state index in [0.717, 1.165) is 35.9 Å². The first-order valence-electron chi connectivity index (χ1n) is 8.42. The summed E-state index contributed by atoms with van der Waals surface area (Å²) in [6, 6.07) is 6.78. The molecule has 1 heterocycles. The fraction of sp³-hybridized carbons (Fsp3) is 0.611. The van der Waals surface area contributed by atoms with Gasteiger partial charge in [-0.3, -0.25) is 0 Å². The first kappa shape index (κ1) is 14.4. The molecule has 1 saturated carbocycles. The predicted molar refractivity (Wildman–Crippen MR) is 89.4 cm³/mol. The molecule has 1 aromatic heterocycles. The summed E-state index contributed by atoms with van der Waals surface area (Å²) in [7, 11) is 0. The standard InChI is InChI=1S/C18H27N3/c1-4-6-18-20-15-11-14(19)8-10-17(15)21(18)16-9-7-13(5-2)12(16)3/h8,10-13,16H,4-7,9,19H2,1-3H3. The van der Waals surface area contributed by atoms with E-state index >= 15 is 0 Å². The number of imidazole rings is 1. The van der Waals surface area contributed by atoms with Crippen LogP contribution in [0, 0.1) is 11.8 Å². The number of nitrogens with zero attached hydrogens (tertiary/aromatic N) is 2. The van der Waals surface area contributed by atoms with Gasteiger partial charge in [-0.25, -0.2) is 4.98 Å². The number of nitrogens with two attached hydrogens (primary N) is 1. The fourth-order valence-corrected chi connectivity index (χ4v) is 4.10. The zero-order valence-corrected chi connectivity index (χ0v) is 13.5. The highest BCUT2D eigenvalue weighted by atomic mass is 15.1. The van der Waals surface area contributed by atoms with Crippen LogP contribution in [0.5, 0.6) is 0 Å². The van der Waals surface area contributed by atoms with E-state index in [1.54, 1.807) is 0 Å².